The highest BCUT2D eigenvalue weighted by atomic mass is 32.2. The Bertz CT molecular complexity index is 616. The van der Waals surface area contributed by atoms with Crippen molar-refractivity contribution in [2.75, 3.05) is 19.0 Å². The summed E-state index contributed by atoms with van der Waals surface area (Å²) >= 11 is 1.59. The summed E-state index contributed by atoms with van der Waals surface area (Å²) in [6.45, 7) is 0.438. The fraction of sp³-hybridized carbons (Fsp3) is 0.286. The molecule has 0 aliphatic heterocycles. The third kappa shape index (κ3) is 4.30. The van der Waals surface area contributed by atoms with Crippen LogP contribution in [0.3, 0.4) is 0 Å². The van der Waals surface area contributed by atoms with E-state index in [1.165, 1.54) is 0 Å². The van der Waals surface area contributed by atoms with Gasteiger partial charge in [-0.25, -0.2) is 0 Å². The van der Waals surface area contributed by atoms with Gasteiger partial charge in [0.2, 0.25) is 0 Å². The molecule has 0 aliphatic carbocycles. The first kappa shape index (κ1) is 14.4. The van der Waals surface area contributed by atoms with E-state index in [0.717, 1.165) is 22.2 Å². The van der Waals surface area contributed by atoms with Crippen LogP contribution in [0.5, 0.6) is 5.75 Å². The fourth-order valence-corrected chi connectivity index (χ4v) is 2.21. The van der Waals surface area contributed by atoms with Gasteiger partial charge in [0.05, 0.1) is 6.61 Å². The summed E-state index contributed by atoms with van der Waals surface area (Å²) in [5, 5.41) is 17.3. The van der Waals surface area contributed by atoms with Gasteiger partial charge in [-0.15, -0.1) is 10.2 Å². The number of thioether (sulfide) groups is 1. The topological polar surface area (TPSA) is 60.2 Å². The molecule has 0 spiro atoms. The molecule has 0 saturated carbocycles. The standard InChI is InChI=1S/C14H15N3O2S/c1-17-11-15-16-14(17)20-9-8-19-13-6-2-4-12(10-13)5-3-7-18/h2,4,6,10-11,18H,7-9H2,1H3. The average molecular weight is 289 g/mol. The Balaban J connectivity index is 1.81. The first-order chi connectivity index (χ1) is 9.79. The zero-order valence-electron chi connectivity index (χ0n) is 11.1. The highest BCUT2D eigenvalue weighted by Gasteiger charge is 2.01. The molecule has 2 rings (SSSR count). The van der Waals surface area contributed by atoms with Crippen molar-refractivity contribution >= 4 is 11.8 Å². The van der Waals surface area contributed by atoms with Gasteiger partial charge in [-0.05, 0) is 18.2 Å². The number of hydrogen-bond acceptors (Lipinski definition) is 5. The van der Waals surface area contributed by atoms with E-state index in [0.29, 0.717) is 6.61 Å². The Labute approximate surface area is 122 Å². The molecule has 1 aromatic heterocycles. The summed E-state index contributed by atoms with van der Waals surface area (Å²) in [5.41, 5.74) is 0.831. The van der Waals surface area contributed by atoms with Gasteiger partial charge < -0.3 is 14.4 Å². The molecule has 1 N–H and O–H groups in total. The van der Waals surface area contributed by atoms with Gasteiger partial charge >= 0.3 is 0 Å². The van der Waals surface area contributed by atoms with Gasteiger partial charge in [-0.1, -0.05) is 29.7 Å². The molecular formula is C14H15N3O2S. The number of aliphatic hydroxyl groups is 1. The third-order valence-electron chi connectivity index (χ3n) is 2.40. The highest BCUT2D eigenvalue weighted by Crippen LogP contribution is 2.15. The van der Waals surface area contributed by atoms with Crippen molar-refractivity contribution in [2.45, 2.75) is 5.16 Å². The lowest BCUT2D eigenvalue weighted by molar-refractivity contribution is 0.343. The lowest BCUT2D eigenvalue weighted by Gasteiger charge is -2.06. The molecule has 1 heterocycles. The molecule has 2 aromatic rings. The molecule has 0 atom stereocenters. The second-order valence-corrected chi connectivity index (χ2v) is 4.97. The van der Waals surface area contributed by atoms with Gasteiger partial charge in [-0.2, -0.15) is 0 Å². The number of rotatable bonds is 5. The molecule has 6 heteroatoms. The van der Waals surface area contributed by atoms with E-state index in [-0.39, 0.29) is 6.61 Å². The van der Waals surface area contributed by atoms with Crippen LogP contribution in [-0.4, -0.2) is 38.8 Å². The third-order valence-corrected chi connectivity index (χ3v) is 3.40. The lowest BCUT2D eigenvalue weighted by Crippen LogP contribution is -2.01. The van der Waals surface area contributed by atoms with Crippen LogP contribution in [0.1, 0.15) is 5.56 Å². The molecule has 5 nitrogen and oxygen atoms in total. The second-order valence-electron chi connectivity index (χ2n) is 3.91. The van der Waals surface area contributed by atoms with Gasteiger partial charge in [0, 0.05) is 18.4 Å². The number of aromatic nitrogens is 3. The number of benzene rings is 1. The van der Waals surface area contributed by atoms with Crippen LogP contribution < -0.4 is 4.74 Å². The summed E-state index contributed by atoms with van der Waals surface area (Å²) in [6, 6.07) is 7.50. The van der Waals surface area contributed by atoms with Crippen LogP contribution in [0.25, 0.3) is 0 Å². The number of nitrogens with zero attached hydrogens (tertiary/aromatic N) is 3. The van der Waals surface area contributed by atoms with Crippen LogP contribution in [0.2, 0.25) is 0 Å². The monoisotopic (exact) mass is 289 g/mol. The molecule has 0 amide bonds. The van der Waals surface area contributed by atoms with E-state index in [1.54, 1.807) is 18.1 Å². The molecule has 0 saturated heterocycles. The molecule has 0 unspecified atom stereocenters. The maximum Gasteiger partial charge on any atom is 0.190 e. The van der Waals surface area contributed by atoms with Gasteiger partial charge in [0.15, 0.2) is 5.16 Å². The Kier molecular flexibility index (Phi) is 5.47. The van der Waals surface area contributed by atoms with Gasteiger partial charge in [0.25, 0.3) is 0 Å². The van der Waals surface area contributed by atoms with Crippen molar-refractivity contribution in [2.24, 2.45) is 7.05 Å². The minimum atomic E-state index is -0.139. The predicted molar refractivity (Wildman–Crippen MR) is 77.6 cm³/mol. The summed E-state index contributed by atoms with van der Waals surface area (Å²) < 4.78 is 7.53. The zero-order chi connectivity index (χ0) is 14.2. The molecule has 0 radical (unpaired) electrons. The number of aryl methyl sites for hydroxylation is 1. The average Bonchev–Trinajstić information content (AvgIpc) is 2.87. The van der Waals surface area contributed by atoms with E-state index >= 15 is 0 Å². The summed E-state index contributed by atoms with van der Waals surface area (Å²) in [5.74, 6) is 7.02. The quantitative estimate of drug-likeness (QED) is 0.511. The molecule has 104 valence electrons. The Morgan fingerprint density at radius 3 is 3.10 bits per heavy atom. The predicted octanol–water partition coefficient (Wildman–Crippen LogP) is 1.33. The van der Waals surface area contributed by atoms with E-state index in [2.05, 4.69) is 22.0 Å². The smallest absolute Gasteiger partial charge is 0.190 e. The Hall–Kier alpha value is -1.97. The molecule has 20 heavy (non-hydrogen) atoms. The summed E-state index contributed by atoms with van der Waals surface area (Å²) in [7, 11) is 1.91. The number of aliphatic hydroxyl groups excluding tert-OH is 1. The van der Waals surface area contributed by atoms with Crippen LogP contribution in [0.15, 0.2) is 35.7 Å². The Morgan fingerprint density at radius 1 is 1.45 bits per heavy atom. The summed E-state index contributed by atoms with van der Waals surface area (Å²) in [6.07, 6.45) is 1.67. The second kappa shape index (κ2) is 7.58. The molecule has 0 aliphatic rings. The van der Waals surface area contributed by atoms with Crippen molar-refractivity contribution in [3.8, 4) is 17.6 Å². The van der Waals surface area contributed by atoms with Crippen molar-refractivity contribution < 1.29 is 9.84 Å². The first-order valence-electron chi connectivity index (χ1n) is 6.09. The van der Waals surface area contributed by atoms with E-state index in [4.69, 9.17) is 9.84 Å². The van der Waals surface area contributed by atoms with Gasteiger partial charge in [-0.3, -0.25) is 0 Å². The molecule has 1 aromatic carbocycles. The maximum absolute atomic E-state index is 8.66. The zero-order valence-corrected chi connectivity index (χ0v) is 11.9. The number of ether oxygens (including phenoxy) is 1. The van der Waals surface area contributed by atoms with Crippen molar-refractivity contribution in [3.63, 3.8) is 0 Å². The first-order valence-corrected chi connectivity index (χ1v) is 7.07. The van der Waals surface area contributed by atoms with E-state index in [1.807, 2.05) is 35.9 Å². The van der Waals surface area contributed by atoms with Crippen molar-refractivity contribution in [1.29, 1.82) is 0 Å². The number of hydrogen-bond donors (Lipinski definition) is 1. The van der Waals surface area contributed by atoms with Crippen molar-refractivity contribution in [1.82, 2.24) is 14.8 Å². The summed E-state index contributed by atoms with van der Waals surface area (Å²) in [4.78, 5) is 0. The minimum Gasteiger partial charge on any atom is -0.493 e. The normalized spacial score (nSPS) is 9.90. The van der Waals surface area contributed by atoms with Crippen molar-refractivity contribution in [3.05, 3.63) is 36.2 Å². The lowest BCUT2D eigenvalue weighted by atomic mass is 10.2. The maximum atomic E-state index is 8.66. The minimum absolute atomic E-state index is 0.139. The van der Waals surface area contributed by atoms with Crippen LogP contribution in [-0.2, 0) is 7.05 Å². The van der Waals surface area contributed by atoms with Gasteiger partial charge in [0.1, 0.15) is 18.7 Å². The molecule has 0 bridgehead atoms. The molecule has 0 fully saturated rings. The molecular weight excluding hydrogens is 274 g/mol. The largest absolute Gasteiger partial charge is 0.493 e. The SMILES string of the molecule is Cn1cnnc1SCCOc1cccc(C#CCO)c1. The van der Waals surface area contributed by atoms with Crippen LogP contribution in [0.4, 0.5) is 0 Å². The Morgan fingerprint density at radius 2 is 2.35 bits per heavy atom. The highest BCUT2D eigenvalue weighted by molar-refractivity contribution is 7.99. The van der Waals surface area contributed by atoms with Crippen LogP contribution in [0, 0.1) is 11.8 Å². The van der Waals surface area contributed by atoms with Crippen LogP contribution >= 0.6 is 11.8 Å². The van der Waals surface area contributed by atoms with E-state index < -0.39 is 0 Å². The fourth-order valence-electron chi connectivity index (χ4n) is 1.50. The van der Waals surface area contributed by atoms with E-state index in [9.17, 15) is 0 Å².